The fourth-order valence-corrected chi connectivity index (χ4v) is 3.90. The predicted molar refractivity (Wildman–Crippen MR) is 111 cm³/mol. The summed E-state index contributed by atoms with van der Waals surface area (Å²) in [5.41, 5.74) is 2.03. The largest absolute Gasteiger partial charge is 0.403 e. The lowest BCUT2D eigenvalue weighted by molar-refractivity contribution is -0.113. The van der Waals surface area contributed by atoms with Gasteiger partial charge in [-0.1, -0.05) is 42.7 Å². The normalized spacial score (nSPS) is 11.0. The second-order valence-electron chi connectivity index (χ2n) is 6.26. The first kappa shape index (κ1) is 19.5. The van der Waals surface area contributed by atoms with Gasteiger partial charge in [0.15, 0.2) is 0 Å². The Morgan fingerprint density at radius 2 is 1.89 bits per heavy atom. The number of benzene rings is 2. The third-order valence-electron chi connectivity index (χ3n) is 3.52. The minimum Gasteiger partial charge on any atom is -0.403 e. The lowest BCUT2D eigenvalue weighted by Gasteiger charge is -2.05. The molecule has 3 aromatic rings. The van der Waals surface area contributed by atoms with Gasteiger partial charge in [0, 0.05) is 20.6 Å². The van der Waals surface area contributed by atoms with E-state index in [1.165, 1.54) is 17.3 Å². The number of hydrogen-bond donors (Lipinski definition) is 1. The number of aryl methyl sites for hydroxylation is 1. The Morgan fingerprint density at radius 3 is 2.63 bits per heavy atom. The molecule has 7 heteroatoms. The molecule has 1 heterocycles. The molecule has 0 aliphatic rings. The number of nitrogens with zero attached hydrogens (tertiary/aromatic N) is 2. The quantitative estimate of drug-likeness (QED) is 0.546. The van der Waals surface area contributed by atoms with Gasteiger partial charge in [0.25, 0.3) is 0 Å². The Balaban J connectivity index is 1.59. The fourth-order valence-electron chi connectivity index (χ4n) is 2.30. The van der Waals surface area contributed by atoms with Gasteiger partial charge in [-0.15, -0.1) is 28.6 Å². The molecule has 0 saturated carbocycles. The highest BCUT2D eigenvalue weighted by Gasteiger charge is 2.12. The second-order valence-corrected chi connectivity index (χ2v) is 8.96. The molecule has 1 N–H and O–H groups in total. The van der Waals surface area contributed by atoms with Crippen LogP contribution in [0.5, 0.6) is 0 Å². The Kier molecular flexibility index (Phi) is 6.58. The molecule has 0 aliphatic carbocycles. The van der Waals surface area contributed by atoms with Crippen molar-refractivity contribution in [1.82, 2.24) is 10.2 Å². The van der Waals surface area contributed by atoms with Crippen molar-refractivity contribution in [3.8, 4) is 11.5 Å². The number of anilines is 1. The van der Waals surface area contributed by atoms with Crippen LogP contribution in [0.1, 0.15) is 19.4 Å². The maximum Gasteiger partial charge on any atom is 0.322 e. The van der Waals surface area contributed by atoms with Crippen molar-refractivity contribution >= 4 is 35.4 Å². The van der Waals surface area contributed by atoms with Crippen molar-refractivity contribution in [2.24, 2.45) is 0 Å². The summed E-state index contributed by atoms with van der Waals surface area (Å²) in [5, 5.41) is 11.1. The minimum absolute atomic E-state index is 0.112. The highest BCUT2D eigenvalue weighted by molar-refractivity contribution is 8.00. The molecule has 1 amide bonds. The number of aromatic nitrogens is 2. The average Bonchev–Trinajstić information content (AvgIpc) is 3.09. The molecule has 0 aliphatic heterocycles. The maximum absolute atomic E-state index is 12.1. The fraction of sp³-hybridized carbons (Fsp3) is 0.250. The summed E-state index contributed by atoms with van der Waals surface area (Å²) < 4.78 is 5.60. The van der Waals surface area contributed by atoms with Crippen molar-refractivity contribution in [3.63, 3.8) is 0 Å². The zero-order valence-electron chi connectivity index (χ0n) is 15.4. The van der Waals surface area contributed by atoms with E-state index in [-0.39, 0.29) is 17.7 Å². The Bertz CT molecular complexity index is 908. The number of thioether (sulfide) groups is 2. The SMILES string of the molecule is Cc1ccc(SCC(=O)Nc2nnc(-c3cccc(SC(C)C)c3)o2)cc1. The summed E-state index contributed by atoms with van der Waals surface area (Å²) in [6.07, 6.45) is 0. The maximum atomic E-state index is 12.1. The van der Waals surface area contributed by atoms with E-state index < -0.39 is 0 Å². The predicted octanol–water partition coefficient (Wildman–Crippen LogP) is 5.28. The summed E-state index contributed by atoms with van der Waals surface area (Å²) in [5.74, 6) is 0.490. The summed E-state index contributed by atoms with van der Waals surface area (Å²) in [6.45, 7) is 6.32. The molecule has 0 unspecified atom stereocenters. The topological polar surface area (TPSA) is 68.0 Å². The van der Waals surface area contributed by atoms with Gasteiger partial charge in [0.2, 0.25) is 11.8 Å². The van der Waals surface area contributed by atoms with Crippen LogP contribution < -0.4 is 5.32 Å². The van der Waals surface area contributed by atoms with Crippen LogP contribution in [0.2, 0.25) is 0 Å². The molecule has 0 fully saturated rings. The zero-order chi connectivity index (χ0) is 19.2. The van der Waals surface area contributed by atoms with Crippen molar-refractivity contribution in [3.05, 3.63) is 54.1 Å². The number of nitrogens with one attached hydrogen (secondary N) is 1. The molecule has 0 spiro atoms. The summed E-state index contributed by atoms with van der Waals surface area (Å²) >= 11 is 3.23. The van der Waals surface area contributed by atoms with Gasteiger partial charge in [-0.25, -0.2) is 0 Å². The summed E-state index contributed by atoms with van der Waals surface area (Å²) in [6, 6.07) is 16.1. The third-order valence-corrected chi connectivity index (χ3v) is 5.52. The van der Waals surface area contributed by atoms with E-state index in [1.54, 1.807) is 11.8 Å². The smallest absolute Gasteiger partial charge is 0.322 e. The highest BCUT2D eigenvalue weighted by atomic mass is 32.2. The molecule has 0 bridgehead atoms. The summed E-state index contributed by atoms with van der Waals surface area (Å²) in [7, 11) is 0. The standard InChI is InChI=1S/C20H21N3O2S2/c1-13(2)27-17-6-4-5-15(11-17)19-22-23-20(25-19)21-18(24)12-26-16-9-7-14(3)8-10-16/h4-11,13H,12H2,1-3H3,(H,21,23,24). The van der Waals surface area contributed by atoms with Crippen molar-refractivity contribution in [1.29, 1.82) is 0 Å². The number of rotatable bonds is 7. The van der Waals surface area contributed by atoms with Crippen LogP contribution in [0.25, 0.3) is 11.5 Å². The van der Waals surface area contributed by atoms with Crippen LogP contribution in [-0.4, -0.2) is 27.1 Å². The van der Waals surface area contributed by atoms with Gasteiger partial charge in [0.1, 0.15) is 0 Å². The van der Waals surface area contributed by atoms with E-state index in [0.29, 0.717) is 11.1 Å². The zero-order valence-corrected chi connectivity index (χ0v) is 17.1. The van der Waals surface area contributed by atoms with E-state index in [9.17, 15) is 4.79 Å². The Morgan fingerprint density at radius 1 is 1.11 bits per heavy atom. The molecule has 2 aromatic carbocycles. The number of hydrogen-bond acceptors (Lipinski definition) is 6. The lowest BCUT2D eigenvalue weighted by Crippen LogP contribution is -2.14. The number of carbonyl (C=O) groups is 1. The first-order valence-corrected chi connectivity index (χ1v) is 10.5. The molecule has 3 rings (SSSR count). The van der Waals surface area contributed by atoms with E-state index in [2.05, 4.69) is 35.4 Å². The summed E-state index contributed by atoms with van der Waals surface area (Å²) in [4.78, 5) is 14.3. The van der Waals surface area contributed by atoms with Crippen LogP contribution in [0.3, 0.4) is 0 Å². The lowest BCUT2D eigenvalue weighted by atomic mass is 10.2. The van der Waals surface area contributed by atoms with E-state index >= 15 is 0 Å². The first-order valence-electron chi connectivity index (χ1n) is 8.59. The van der Waals surface area contributed by atoms with Crippen LogP contribution >= 0.6 is 23.5 Å². The second kappa shape index (κ2) is 9.10. The Labute approximate surface area is 167 Å². The van der Waals surface area contributed by atoms with Crippen molar-refractivity contribution < 1.29 is 9.21 Å². The van der Waals surface area contributed by atoms with Crippen LogP contribution in [-0.2, 0) is 4.79 Å². The molecule has 27 heavy (non-hydrogen) atoms. The molecule has 0 atom stereocenters. The van der Waals surface area contributed by atoms with E-state index in [0.717, 1.165) is 15.4 Å². The van der Waals surface area contributed by atoms with Gasteiger partial charge in [-0.05, 0) is 37.3 Å². The van der Waals surface area contributed by atoms with E-state index in [1.807, 2.05) is 49.4 Å². The van der Waals surface area contributed by atoms with Crippen LogP contribution in [0.4, 0.5) is 6.01 Å². The number of carbonyl (C=O) groups excluding carboxylic acids is 1. The van der Waals surface area contributed by atoms with Gasteiger partial charge in [-0.2, -0.15) is 0 Å². The van der Waals surface area contributed by atoms with E-state index in [4.69, 9.17) is 4.42 Å². The van der Waals surface area contributed by atoms with Crippen LogP contribution in [0.15, 0.2) is 62.7 Å². The molecule has 0 saturated heterocycles. The number of amides is 1. The molecular weight excluding hydrogens is 378 g/mol. The van der Waals surface area contributed by atoms with Crippen molar-refractivity contribution in [2.75, 3.05) is 11.1 Å². The molecule has 1 aromatic heterocycles. The minimum atomic E-state index is -0.181. The highest BCUT2D eigenvalue weighted by Crippen LogP contribution is 2.28. The van der Waals surface area contributed by atoms with Gasteiger partial charge in [-0.3, -0.25) is 10.1 Å². The molecule has 140 valence electrons. The van der Waals surface area contributed by atoms with Gasteiger partial charge >= 0.3 is 6.01 Å². The monoisotopic (exact) mass is 399 g/mol. The first-order chi connectivity index (χ1) is 13.0. The molecule has 0 radical (unpaired) electrons. The van der Waals surface area contributed by atoms with Crippen LogP contribution in [0, 0.1) is 6.92 Å². The Hall–Kier alpha value is -2.25. The molecule has 5 nitrogen and oxygen atoms in total. The van der Waals surface area contributed by atoms with Gasteiger partial charge in [0.05, 0.1) is 5.75 Å². The molecular formula is C20H21N3O2S2. The van der Waals surface area contributed by atoms with Crippen molar-refractivity contribution in [2.45, 2.75) is 35.8 Å². The van der Waals surface area contributed by atoms with Gasteiger partial charge < -0.3 is 4.42 Å². The average molecular weight is 400 g/mol. The third kappa shape index (κ3) is 5.87.